The van der Waals surface area contributed by atoms with Crippen LogP contribution in [0.5, 0.6) is 5.75 Å². The Labute approximate surface area is 110 Å². The molecule has 0 amide bonds. The number of rotatable bonds is 0. The average Bonchev–Trinajstić information content (AvgIpc) is 2.47. The summed E-state index contributed by atoms with van der Waals surface area (Å²) in [5, 5.41) is 11.1. The fourth-order valence-corrected chi connectivity index (χ4v) is 3.31. The van der Waals surface area contributed by atoms with Crippen LogP contribution < -0.4 is 0 Å². The topological polar surface area (TPSA) is 20.2 Å². The number of benzene rings is 2. The van der Waals surface area contributed by atoms with Gasteiger partial charge in [-0.25, -0.2) is 8.78 Å². The number of hydrogen-bond acceptors (Lipinski definition) is 1. The molecule has 19 heavy (non-hydrogen) atoms. The van der Waals surface area contributed by atoms with E-state index >= 15 is 0 Å². The summed E-state index contributed by atoms with van der Waals surface area (Å²) in [7, 11) is 0. The van der Waals surface area contributed by atoms with E-state index in [-0.39, 0.29) is 11.3 Å². The molecule has 1 aliphatic carbocycles. The van der Waals surface area contributed by atoms with Crippen LogP contribution in [0, 0.1) is 5.41 Å². The quantitative estimate of drug-likeness (QED) is 0.724. The van der Waals surface area contributed by atoms with Gasteiger partial charge in [-0.05, 0) is 33.9 Å². The monoisotopic (exact) mass is 262 g/mol. The van der Waals surface area contributed by atoms with E-state index < -0.39 is 17.3 Å². The highest BCUT2D eigenvalue weighted by Crippen LogP contribution is 2.59. The van der Waals surface area contributed by atoms with Crippen LogP contribution in [0.25, 0.3) is 10.8 Å². The zero-order chi connectivity index (χ0) is 14.0. The molecule has 0 saturated carbocycles. The smallest absolute Gasteiger partial charge is 0.281 e. The van der Waals surface area contributed by atoms with Gasteiger partial charge in [-0.15, -0.1) is 0 Å². The highest BCUT2D eigenvalue weighted by molar-refractivity contribution is 5.93. The summed E-state index contributed by atoms with van der Waals surface area (Å²) < 4.78 is 29.4. The van der Waals surface area contributed by atoms with Crippen LogP contribution in [-0.2, 0) is 5.92 Å². The van der Waals surface area contributed by atoms with Crippen LogP contribution >= 0.6 is 0 Å². The molecule has 0 bridgehead atoms. The minimum atomic E-state index is -2.89. The first kappa shape index (κ1) is 12.4. The van der Waals surface area contributed by atoms with Crippen molar-refractivity contribution in [1.82, 2.24) is 0 Å². The van der Waals surface area contributed by atoms with Gasteiger partial charge in [-0.2, -0.15) is 0 Å². The molecule has 0 fully saturated rings. The second-order valence-electron chi connectivity index (χ2n) is 6.36. The van der Waals surface area contributed by atoms with Gasteiger partial charge in [-0.3, -0.25) is 0 Å². The van der Waals surface area contributed by atoms with Gasteiger partial charge in [0.1, 0.15) is 5.75 Å². The van der Waals surface area contributed by atoms with E-state index in [1.807, 2.05) is 20.8 Å². The molecule has 3 rings (SSSR count). The molecule has 0 saturated heterocycles. The first-order valence-electron chi connectivity index (χ1n) is 6.37. The van der Waals surface area contributed by atoms with E-state index in [0.29, 0.717) is 16.3 Å². The van der Waals surface area contributed by atoms with Crippen molar-refractivity contribution in [2.75, 3.05) is 0 Å². The summed E-state index contributed by atoms with van der Waals surface area (Å²) in [5.74, 6) is -3.76. The second-order valence-corrected chi connectivity index (χ2v) is 6.36. The maximum atomic E-state index is 14.7. The normalized spacial score (nSPS) is 21.0. The maximum absolute atomic E-state index is 14.7. The molecule has 1 aliphatic rings. The van der Waals surface area contributed by atoms with Crippen LogP contribution in [0.15, 0.2) is 30.3 Å². The molecule has 1 unspecified atom stereocenters. The number of hydrogen-bond donors (Lipinski definition) is 1. The number of phenols is 1. The standard InChI is InChI=1S/C16H16F2O/c1-15(2,3)14-11-8-10(19)7-9-5-4-6-12(13(9)11)16(14,17)18/h4-8,14,19H,1-3H3. The highest BCUT2D eigenvalue weighted by Gasteiger charge is 2.54. The number of alkyl halides is 2. The summed E-state index contributed by atoms with van der Waals surface area (Å²) in [6.45, 7) is 5.44. The molecule has 1 atom stereocenters. The minimum absolute atomic E-state index is 0.0478. The Bertz CT molecular complexity index is 668. The number of phenolic OH excluding ortho intramolecular Hbond substituents is 1. The van der Waals surface area contributed by atoms with Crippen molar-refractivity contribution in [1.29, 1.82) is 0 Å². The predicted molar refractivity (Wildman–Crippen MR) is 71.7 cm³/mol. The summed E-state index contributed by atoms with van der Waals surface area (Å²) in [6.07, 6.45) is 0. The van der Waals surface area contributed by atoms with E-state index in [1.165, 1.54) is 12.1 Å². The van der Waals surface area contributed by atoms with Gasteiger partial charge in [0, 0.05) is 5.56 Å². The second kappa shape index (κ2) is 3.47. The maximum Gasteiger partial charge on any atom is 0.281 e. The van der Waals surface area contributed by atoms with E-state index in [2.05, 4.69) is 0 Å². The van der Waals surface area contributed by atoms with E-state index in [1.54, 1.807) is 18.2 Å². The van der Waals surface area contributed by atoms with Gasteiger partial charge in [0.2, 0.25) is 0 Å². The van der Waals surface area contributed by atoms with Crippen molar-refractivity contribution in [3.63, 3.8) is 0 Å². The Morgan fingerprint density at radius 2 is 1.84 bits per heavy atom. The molecule has 0 aliphatic heterocycles. The van der Waals surface area contributed by atoms with Crippen molar-refractivity contribution in [3.8, 4) is 5.75 Å². The number of halogens is 2. The molecule has 0 spiro atoms. The van der Waals surface area contributed by atoms with Crippen LogP contribution in [-0.4, -0.2) is 5.11 Å². The third-order valence-corrected chi connectivity index (χ3v) is 3.89. The zero-order valence-electron chi connectivity index (χ0n) is 11.2. The summed E-state index contributed by atoms with van der Waals surface area (Å²) in [6, 6.07) is 7.92. The average molecular weight is 262 g/mol. The van der Waals surface area contributed by atoms with Gasteiger partial charge < -0.3 is 5.11 Å². The SMILES string of the molecule is CC(C)(C)C1c2cc(O)cc3cccc(c23)C1(F)F. The molecular formula is C16H16F2O. The lowest BCUT2D eigenvalue weighted by molar-refractivity contribution is -0.0600. The predicted octanol–water partition coefficient (Wildman–Crippen LogP) is 4.78. The fraction of sp³-hybridized carbons (Fsp3) is 0.375. The lowest BCUT2D eigenvalue weighted by Crippen LogP contribution is -2.30. The van der Waals surface area contributed by atoms with Crippen molar-refractivity contribution in [2.45, 2.75) is 32.6 Å². The Kier molecular flexibility index (Phi) is 2.26. The Morgan fingerprint density at radius 1 is 1.16 bits per heavy atom. The fourth-order valence-electron chi connectivity index (χ4n) is 3.31. The van der Waals surface area contributed by atoms with Gasteiger partial charge in [0.05, 0.1) is 5.92 Å². The summed E-state index contributed by atoms with van der Waals surface area (Å²) in [5.41, 5.74) is 0.0616. The van der Waals surface area contributed by atoms with Gasteiger partial charge in [-0.1, -0.05) is 39.0 Å². The third kappa shape index (κ3) is 1.57. The number of aromatic hydroxyl groups is 1. The van der Waals surface area contributed by atoms with Crippen molar-refractivity contribution >= 4 is 10.8 Å². The summed E-state index contributed by atoms with van der Waals surface area (Å²) in [4.78, 5) is 0. The van der Waals surface area contributed by atoms with Crippen LogP contribution in [0.3, 0.4) is 0 Å². The molecule has 0 radical (unpaired) electrons. The molecule has 0 heterocycles. The highest BCUT2D eigenvalue weighted by atomic mass is 19.3. The minimum Gasteiger partial charge on any atom is -0.508 e. The molecule has 2 aromatic rings. The molecule has 1 N–H and O–H groups in total. The Balaban J connectivity index is 2.43. The third-order valence-electron chi connectivity index (χ3n) is 3.89. The largest absolute Gasteiger partial charge is 0.508 e. The van der Waals surface area contributed by atoms with Gasteiger partial charge in [0.25, 0.3) is 5.92 Å². The Morgan fingerprint density at radius 3 is 2.47 bits per heavy atom. The zero-order valence-corrected chi connectivity index (χ0v) is 11.2. The lowest BCUT2D eigenvalue weighted by atomic mass is 9.75. The van der Waals surface area contributed by atoms with Crippen molar-refractivity contribution in [3.05, 3.63) is 41.5 Å². The molecule has 2 aromatic carbocycles. The molecule has 0 aromatic heterocycles. The van der Waals surface area contributed by atoms with Crippen molar-refractivity contribution < 1.29 is 13.9 Å². The van der Waals surface area contributed by atoms with Crippen molar-refractivity contribution in [2.24, 2.45) is 5.41 Å². The molecule has 3 heteroatoms. The van der Waals surface area contributed by atoms with Gasteiger partial charge in [0.15, 0.2) is 0 Å². The Hall–Kier alpha value is -1.64. The van der Waals surface area contributed by atoms with Gasteiger partial charge >= 0.3 is 0 Å². The molecular weight excluding hydrogens is 246 g/mol. The molecule has 1 nitrogen and oxygen atoms in total. The van der Waals surface area contributed by atoms with Crippen LogP contribution in [0.1, 0.15) is 37.8 Å². The summed E-state index contributed by atoms with van der Waals surface area (Å²) >= 11 is 0. The molecule has 100 valence electrons. The first-order chi connectivity index (χ1) is 8.73. The first-order valence-corrected chi connectivity index (χ1v) is 6.37. The van der Waals surface area contributed by atoms with Crippen LogP contribution in [0.2, 0.25) is 0 Å². The van der Waals surface area contributed by atoms with E-state index in [9.17, 15) is 13.9 Å². The van der Waals surface area contributed by atoms with E-state index in [0.717, 1.165) is 0 Å². The van der Waals surface area contributed by atoms with E-state index in [4.69, 9.17) is 0 Å². The van der Waals surface area contributed by atoms with Crippen LogP contribution in [0.4, 0.5) is 8.78 Å². The lowest BCUT2D eigenvalue weighted by Gasteiger charge is -2.33.